The van der Waals surface area contributed by atoms with Gasteiger partial charge in [0.25, 0.3) is 0 Å². The molecule has 0 saturated heterocycles. The number of ketones is 1. The average molecular weight is 374 g/mol. The summed E-state index contributed by atoms with van der Waals surface area (Å²) in [6.07, 6.45) is 4.55. The van der Waals surface area contributed by atoms with Crippen LogP contribution in [0.4, 0.5) is 0 Å². The molecule has 28 heavy (non-hydrogen) atoms. The minimum Gasteiger partial charge on any atom is -0.466 e. The lowest BCUT2D eigenvalue weighted by Gasteiger charge is -2.36. The summed E-state index contributed by atoms with van der Waals surface area (Å²) in [4.78, 5) is 30.0. The van der Waals surface area contributed by atoms with Crippen molar-refractivity contribution in [2.24, 2.45) is 0 Å². The standard InChI is InChI=1S/C23H22N2O3/c1-14-20(23(27)28-2)21(16-9-6-10-24-13-16)22-18(25-14)11-17(12-19(22)26)15-7-4-3-5-8-15/h3-10,13,17,21,25H,11-12H2,1-2H3. The molecule has 0 amide bonds. The topological polar surface area (TPSA) is 68.3 Å². The van der Waals surface area contributed by atoms with Crippen LogP contribution in [0.25, 0.3) is 0 Å². The summed E-state index contributed by atoms with van der Waals surface area (Å²) >= 11 is 0. The van der Waals surface area contributed by atoms with Crippen LogP contribution in [0.1, 0.15) is 42.7 Å². The van der Waals surface area contributed by atoms with Gasteiger partial charge >= 0.3 is 5.97 Å². The molecule has 142 valence electrons. The van der Waals surface area contributed by atoms with E-state index < -0.39 is 11.9 Å². The zero-order chi connectivity index (χ0) is 19.7. The number of hydrogen-bond donors (Lipinski definition) is 1. The lowest BCUT2D eigenvalue weighted by Crippen LogP contribution is -2.36. The fourth-order valence-corrected chi connectivity index (χ4v) is 4.26. The highest BCUT2D eigenvalue weighted by Gasteiger charge is 2.41. The quantitative estimate of drug-likeness (QED) is 0.831. The molecule has 1 aromatic carbocycles. The second-order valence-electron chi connectivity index (χ2n) is 7.21. The summed E-state index contributed by atoms with van der Waals surface area (Å²) in [5.41, 5.74) is 4.72. The first-order valence-electron chi connectivity index (χ1n) is 9.37. The van der Waals surface area contributed by atoms with Crippen molar-refractivity contribution in [3.05, 3.63) is 88.5 Å². The fraction of sp³-hybridized carbons (Fsp3) is 0.261. The largest absolute Gasteiger partial charge is 0.466 e. The van der Waals surface area contributed by atoms with Gasteiger partial charge in [-0.15, -0.1) is 0 Å². The maximum Gasteiger partial charge on any atom is 0.336 e. The highest BCUT2D eigenvalue weighted by molar-refractivity contribution is 6.04. The molecule has 2 aromatic rings. The predicted octanol–water partition coefficient (Wildman–Crippen LogP) is 3.62. The number of rotatable bonds is 3. The second kappa shape index (κ2) is 7.43. The van der Waals surface area contributed by atoms with E-state index in [9.17, 15) is 9.59 Å². The number of dihydropyridines is 1. The van der Waals surface area contributed by atoms with Gasteiger partial charge in [-0.3, -0.25) is 9.78 Å². The Morgan fingerprint density at radius 3 is 2.54 bits per heavy atom. The predicted molar refractivity (Wildman–Crippen MR) is 105 cm³/mol. The number of allylic oxidation sites excluding steroid dienone is 3. The molecule has 5 nitrogen and oxygen atoms in total. The van der Waals surface area contributed by atoms with Crippen LogP contribution < -0.4 is 5.32 Å². The van der Waals surface area contributed by atoms with Gasteiger partial charge in [0, 0.05) is 41.7 Å². The lowest BCUT2D eigenvalue weighted by atomic mass is 9.72. The molecule has 1 N–H and O–H groups in total. The van der Waals surface area contributed by atoms with E-state index in [2.05, 4.69) is 22.4 Å². The zero-order valence-electron chi connectivity index (χ0n) is 15.9. The Hall–Kier alpha value is -3.21. The smallest absolute Gasteiger partial charge is 0.336 e. The highest BCUT2D eigenvalue weighted by atomic mass is 16.5. The Balaban J connectivity index is 1.81. The Labute approximate surface area is 164 Å². The first kappa shape index (κ1) is 18.2. The zero-order valence-corrected chi connectivity index (χ0v) is 15.9. The third-order valence-corrected chi connectivity index (χ3v) is 5.52. The number of esters is 1. The van der Waals surface area contributed by atoms with Gasteiger partial charge in [0.15, 0.2) is 5.78 Å². The van der Waals surface area contributed by atoms with E-state index in [1.165, 1.54) is 7.11 Å². The maximum absolute atomic E-state index is 13.3. The van der Waals surface area contributed by atoms with Crippen molar-refractivity contribution >= 4 is 11.8 Å². The number of pyridine rings is 1. The minimum atomic E-state index is -0.457. The van der Waals surface area contributed by atoms with Crippen molar-refractivity contribution in [1.29, 1.82) is 0 Å². The Bertz CT molecular complexity index is 977. The number of ether oxygens (including phenoxy) is 1. The molecule has 1 aromatic heterocycles. The number of Topliss-reactive ketones (excluding diaryl/α,β-unsaturated/α-hetero) is 1. The molecular formula is C23H22N2O3. The van der Waals surface area contributed by atoms with Gasteiger partial charge in [0.1, 0.15) is 0 Å². The monoisotopic (exact) mass is 374 g/mol. The van der Waals surface area contributed by atoms with E-state index in [-0.39, 0.29) is 11.7 Å². The molecule has 2 atom stereocenters. The van der Waals surface area contributed by atoms with Crippen molar-refractivity contribution in [2.45, 2.75) is 31.6 Å². The van der Waals surface area contributed by atoms with Crippen molar-refractivity contribution in [2.75, 3.05) is 7.11 Å². The third-order valence-electron chi connectivity index (χ3n) is 5.52. The lowest BCUT2D eigenvalue weighted by molar-refractivity contribution is -0.136. The molecule has 0 saturated carbocycles. The number of nitrogens with one attached hydrogen (secondary N) is 1. The molecule has 2 heterocycles. The number of benzene rings is 1. The molecule has 4 rings (SSSR count). The van der Waals surface area contributed by atoms with Gasteiger partial charge in [0.2, 0.25) is 0 Å². The Morgan fingerprint density at radius 1 is 1.11 bits per heavy atom. The van der Waals surface area contributed by atoms with Crippen molar-refractivity contribution < 1.29 is 14.3 Å². The number of hydrogen-bond acceptors (Lipinski definition) is 5. The van der Waals surface area contributed by atoms with Gasteiger partial charge in [-0.2, -0.15) is 0 Å². The molecule has 0 radical (unpaired) electrons. The summed E-state index contributed by atoms with van der Waals surface area (Å²) in [7, 11) is 1.36. The molecule has 1 aliphatic heterocycles. The molecule has 0 fully saturated rings. The first-order valence-corrected chi connectivity index (χ1v) is 9.37. The molecule has 1 aliphatic carbocycles. The number of aromatic nitrogens is 1. The van der Waals surface area contributed by atoms with E-state index in [4.69, 9.17) is 4.74 Å². The second-order valence-corrected chi connectivity index (χ2v) is 7.21. The number of carbonyl (C=O) groups is 2. The van der Waals surface area contributed by atoms with Crippen LogP contribution in [0.5, 0.6) is 0 Å². The summed E-state index contributed by atoms with van der Waals surface area (Å²) in [6.45, 7) is 1.86. The summed E-state index contributed by atoms with van der Waals surface area (Å²) in [5.74, 6) is -0.697. The molecule has 2 aliphatic rings. The average Bonchev–Trinajstić information content (AvgIpc) is 2.73. The van der Waals surface area contributed by atoms with E-state index in [1.54, 1.807) is 12.4 Å². The molecule has 5 heteroatoms. The Kier molecular flexibility index (Phi) is 4.82. The van der Waals surface area contributed by atoms with Crippen molar-refractivity contribution in [1.82, 2.24) is 10.3 Å². The highest BCUT2D eigenvalue weighted by Crippen LogP contribution is 2.45. The minimum absolute atomic E-state index is 0.0605. The molecule has 2 unspecified atom stereocenters. The molecule has 0 bridgehead atoms. The van der Waals surface area contributed by atoms with Crippen LogP contribution in [0.2, 0.25) is 0 Å². The van der Waals surface area contributed by atoms with Gasteiger partial charge in [-0.25, -0.2) is 4.79 Å². The summed E-state index contributed by atoms with van der Waals surface area (Å²) < 4.78 is 5.03. The molecule has 0 spiro atoms. The summed E-state index contributed by atoms with van der Waals surface area (Å²) in [6, 6.07) is 13.8. The van der Waals surface area contributed by atoms with E-state index in [0.29, 0.717) is 17.6 Å². The first-order chi connectivity index (χ1) is 13.6. The van der Waals surface area contributed by atoms with Crippen LogP contribution in [0, 0.1) is 0 Å². The van der Waals surface area contributed by atoms with Crippen LogP contribution >= 0.6 is 0 Å². The number of carbonyl (C=O) groups excluding carboxylic acids is 2. The Morgan fingerprint density at radius 2 is 1.86 bits per heavy atom. The van der Waals surface area contributed by atoms with E-state index in [0.717, 1.165) is 28.9 Å². The van der Waals surface area contributed by atoms with Gasteiger partial charge < -0.3 is 10.1 Å². The van der Waals surface area contributed by atoms with Crippen molar-refractivity contribution in [3.63, 3.8) is 0 Å². The third kappa shape index (κ3) is 3.13. The van der Waals surface area contributed by atoms with Gasteiger partial charge in [0.05, 0.1) is 12.7 Å². The van der Waals surface area contributed by atoms with E-state index >= 15 is 0 Å². The normalized spacial score (nSPS) is 21.9. The number of methoxy groups -OCH3 is 1. The number of nitrogens with zero attached hydrogens (tertiary/aromatic N) is 1. The van der Waals surface area contributed by atoms with E-state index in [1.807, 2.05) is 37.3 Å². The maximum atomic E-state index is 13.3. The van der Waals surface area contributed by atoms with Gasteiger partial charge in [-0.05, 0) is 36.5 Å². The van der Waals surface area contributed by atoms with Gasteiger partial charge in [-0.1, -0.05) is 36.4 Å². The van der Waals surface area contributed by atoms with Crippen molar-refractivity contribution in [3.8, 4) is 0 Å². The molecular weight excluding hydrogens is 352 g/mol. The fourth-order valence-electron chi connectivity index (χ4n) is 4.26. The van der Waals surface area contributed by atoms with Crippen LogP contribution in [-0.4, -0.2) is 23.8 Å². The SMILES string of the molecule is COC(=O)C1=C(C)NC2=C(C(=O)CC(c3ccccc3)C2)C1c1cccnc1. The van der Waals surface area contributed by atoms with Crippen LogP contribution in [-0.2, 0) is 14.3 Å². The van der Waals surface area contributed by atoms with Crippen LogP contribution in [0.15, 0.2) is 77.4 Å². The summed E-state index contributed by atoms with van der Waals surface area (Å²) in [5, 5.41) is 3.33. The van der Waals surface area contributed by atoms with Crippen LogP contribution in [0.3, 0.4) is 0 Å².